The number of aromatic nitrogens is 2. The van der Waals surface area contributed by atoms with E-state index in [2.05, 4.69) is 0 Å². The van der Waals surface area contributed by atoms with Crippen molar-refractivity contribution < 1.29 is 32.2 Å². The van der Waals surface area contributed by atoms with Crippen LogP contribution in [0.25, 0.3) is 5.69 Å². The van der Waals surface area contributed by atoms with E-state index in [0.29, 0.717) is 11.0 Å². The Morgan fingerprint density at radius 2 is 1.75 bits per heavy atom. The highest BCUT2D eigenvalue weighted by Crippen LogP contribution is 2.27. The first kappa shape index (κ1) is 25.2. The molecule has 1 aromatic carbocycles. The molecule has 0 spiro atoms. The summed E-state index contributed by atoms with van der Waals surface area (Å²) in [5, 5.41) is -0.131. The third kappa shape index (κ3) is 5.21. The molecule has 174 valence electrons. The van der Waals surface area contributed by atoms with E-state index in [1.807, 2.05) is 0 Å². The van der Waals surface area contributed by atoms with Crippen LogP contribution >= 0.6 is 11.6 Å². The molecule has 0 radical (unpaired) electrons. The third-order valence-electron chi connectivity index (χ3n) is 4.32. The van der Waals surface area contributed by atoms with Crippen molar-refractivity contribution in [2.24, 2.45) is 7.05 Å². The Morgan fingerprint density at radius 1 is 1.12 bits per heavy atom. The normalized spacial score (nSPS) is 11.9. The molecular weight excluding hydrogens is 457 g/mol. The minimum Gasteiger partial charge on any atom is -0.463 e. The van der Waals surface area contributed by atoms with Crippen LogP contribution in [0.3, 0.4) is 0 Å². The standard InChI is InChI=1S/C20H20ClF3N2O6/c1-5-8-31-17(29)19(2,3)32-16(28)12-9-11(6-7-13(12)21)26-15(27)10-14(20(22,23)24)25(4)18(26)30/h6-7,9-10H,5,8H2,1-4H3. The van der Waals surface area contributed by atoms with Gasteiger partial charge in [0.25, 0.3) is 5.56 Å². The number of carbonyl (C=O) groups is 2. The number of hydrogen-bond donors (Lipinski definition) is 0. The zero-order chi connectivity index (χ0) is 24.4. The van der Waals surface area contributed by atoms with Gasteiger partial charge in [0, 0.05) is 13.1 Å². The van der Waals surface area contributed by atoms with Gasteiger partial charge in [-0.1, -0.05) is 18.5 Å². The van der Waals surface area contributed by atoms with E-state index in [-0.39, 0.29) is 33.5 Å². The molecule has 0 bridgehead atoms. The molecule has 2 aromatic rings. The van der Waals surface area contributed by atoms with Crippen molar-refractivity contribution in [2.45, 2.75) is 39.0 Å². The molecule has 32 heavy (non-hydrogen) atoms. The number of alkyl halides is 3. The maximum absolute atomic E-state index is 13.0. The van der Waals surface area contributed by atoms with Crippen LogP contribution in [0.15, 0.2) is 33.9 Å². The summed E-state index contributed by atoms with van der Waals surface area (Å²) in [5.41, 5.74) is -6.17. The number of ether oxygens (including phenoxy) is 2. The Balaban J connectivity index is 2.50. The van der Waals surface area contributed by atoms with Crippen molar-refractivity contribution >= 4 is 23.5 Å². The fourth-order valence-corrected chi connectivity index (χ4v) is 2.84. The lowest BCUT2D eigenvalue weighted by Gasteiger charge is -2.23. The topological polar surface area (TPSA) is 96.6 Å². The summed E-state index contributed by atoms with van der Waals surface area (Å²) in [6.45, 7) is 4.51. The Kier molecular flexibility index (Phi) is 7.23. The molecule has 1 heterocycles. The van der Waals surface area contributed by atoms with E-state index < -0.39 is 40.7 Å². The molecule has 0 aliphatic carbocycles. The molecule has 8 nitrogen and oxygen atoms in total. The van der Waals surface area contributed by atoms with E-state index in [4.69, 9.17) is 21.1 Å². The van der Waals surface area contributed by atoms with E-state index in [1.54, 1.807) is 6.92 Å². The molecule has 0 saturated heterocycles. The van der Waals surface area contributed by atoms with E-state index in [0.717, 1.165) is 13.1 Å². The second-order valence-electron chi connectivity index (χ2n) is 7.24. The van der Waals surface area contributed by atoms with Gasteiger partial charge in [-0.15, -0.1) is 0 Å². The van der Waals surface area contributed by atoms with Crippen molar-refractivity contribution in [3.05, 3.63) is 61.4 Å². The van der Waals surface area contributed by atoms with E-state index >= 15 is 0 Å². The Hall–Kier alpha value is -3.08. The zero-order valence-electron chi connectivity index (χ0n) is 17.6. The quantitative estimate of drug-likeness (QED) is 0.594. The lowest BCUT2D eigenvalue weighted by atomic mass is 10.1. The summed E-state index contributed by atoms with van der Waals surface area (Å²) < 4.78 is 50.0. The fraction of sp³-hybridized carbons (Fsp3) is 0.400. The van der Waals surface area contributed by atoms with Crippen molar-refractivity contribution in [2.75, 3.05) is 6.61 Å². The lowest BCUT2D eigenvalue weighted by Crippen LogP contribution is -2.41. The number of rotatable bonds is 6. The first-order valence-electron chi connectivity index (χ1n) is 9.31. The van der Waals surface area contributed by atoms with Crippen LogP contribution in [0.2, 0.25) is 5.02 Å². The van der Waals surface area contributed by atoms with Crippen LogP contribution in [-0.2, 0) is 27.5 Å². The van der Waals surface area contributed by atoms with Gasteiger partial charge in [-0.2, -0.15) is 13.2 Å². The monoisotopic (exact) mass is 476 g/mol. The van der Waals surface area contributed by atoms with Gasteiger partial charge in [0.2, 0.25) is 5.60 Å². The van der Waals surface area contributed by atoms with Crippen molar-refractivity contribution in [3.63, 3.8) is 0 Å². The van der Waals surface area contributed by atoms with Crippen LogP contribution < -0.4 is 11.2 Å². The summed E-state index contributed by atoms with van der Waals surface area (Å²) >= 11 is 6.03. The van der Waals surface area contributed by atoms with Crippen molar-refractivity contribution in [3.8, 4) is 5.69 Å². The van der Waals surface area contributed by atoms with E-state index in [1.165, 1.54) is 26.0 Å². The first-order chi connectivity index (χ1) is 14.7. The molecule has 0 N–H and O–H groups in total. The predicted molar refractivity (Wildman–Crippen MR) is 108 cm³/mol. The van der Waals surface area contributed by atoms with Crippen molar-refractivity contribution in [1.82, 2.24) is 9.13 Å². The summed E-state index contributed by atoms with van der Waals surface area (Å²) in [6, 6.07) is 3.62. The van der Waals surface area contributed by atoms with Gasteiger partial charge in [0.05, 0.1) is 22.9 Å². The second-order valence-corrected chi connectivity index (χ2v) is 7.65. The predicted octanol–water partition coefficient (Wildman–Crippen LogP) is 3.10. The summed E-state index contributed by atoms with van der Waals surface area (Å²) in [7, 11) is 0.858. The number of esters is 2. The molecule has 0 saturated carbocycles. The van der Waals surface area contributed by atoms with Gasteiger partial charge in [-0.25, -0.2) is 19.0 Å². The van der Waals surface area contributed by atoms with Gasteiger partial charge in [-0.3, -0.25) is 9.36 Å². The highest BCUT2D eigenvalue weighted by atomic mass is 35.5. The fourth-order valence-electron chi connectivity index (χ4n) is 2.64. The number of nitrogens with zero attached hydrogens (tertiary/aromatic N) is 2. The number of hydrogen-bond acceptors (Lipinski definition) is 6. The van der Waals surface area contributed by atoms with E-state index in [9.17, 15) is 32.3 Å². The summed E-state index contributed by atoms with van der Waals surface area (Å²) in [4.78, 5) is 49.5. The van der Waals surface area contributed by atoms with Gasteiger partial charge < -0.3 is 9.47 Å². The number of carbonyl (C=O) groups excluding carboxylic acids is 2. The highest BCUT2D eigenvalue weighted by molar-refractivity contribution is 6.33. The van der Waals surface area contributed by atoms with Crippen LogP contribution in [0.5, 0.6) is 0 Å². The van der Waals surface area contributed by atoms with Crippen LogP contribution in [0.1, 0.15) is 43.2 Å². The van der Waals surface area contributed by atoms with Gasteiger partial charge in [0.1, 0.15) is 5.69 Å². The summed E-state index contributed by atoms with van der Waals surface area (Å²) in [6.07, 6.45) is -4.36. The molecule has 0 amide bonds. The molecule has 0 aliphatic heterocycles. The molecular formula is C20H20ClF3N2O6. The highest BCUT2D eigenvalue weighted by Gasteiger charge is 2.36. The van der Waals surface area contributed by atoms with Crippen LogP contribution in [-0.4, -0.2) is 33.3 Å². The molecule has 1 aromatic heterocycles. The molecule has 0 aliphatic rings. The largest absolute Gasteiger partial charge is 0.463 e. The molecule has 2 rings (SSSR count). The molecule has 12 heteroatoms. The van der Waals surface area contributed by atoms with Crippen LogP contribution in [0.4, 0.5) is 13.2 Å². The molecule has 0 unspecified atom stereocenters. The maximum atomic E-state index is 13.0. The molecule has 0 fully saturated rings. The maximum Gasteiger partial charge on any atom is 0.431 e. The number of benzene rings is 1. The zero-order valence-corrected chi connectivity index (χ0v) is 18.3. The van der Waals surface area contributed by atoms with Gasteiger partial charge >= 0.3 is 23.8 Å². The number of halogens is 4. The molecule has 0 atom stereocenters. The average molecular weight is 477 g/mol. The van der Waals surface area contributed by atoms with Gasteiger partial charge in [-0.05, 0) is 38.5 Å². The summed E-state index contributed by atoms with van der Waals surface area (Å²) in [5.74, 6) is -1.86. The Bertz CT molecular complexity index is 1170. The van der Waals surface area contributed by atoms with Crippen molar-refractivity contribution in [1.29, 1.82) is 0 Å². The van der Waals surface area contributed by atoms with Crippen LogP contribution in [0, 0.1) is 0 Å². The Morgan fingerprint density at radius 3 is 2.31 bits per heavy atom. The minimum atomic E-state index is -4.92. The minimum absolute atomic E-state index is 0.121. The Labute approximate surface area is 185 Å². The third-order valence-corrected chi connectivity index (χ3v) is 4.64. The van der Waals surface area contributed by atoms with Gasteiger partial charge in [0.15, 0.2) is 0 Å². The SMILES string of the molecule is CCCOC(=O)C(C)(C)OC(=O)c1cc(-n2c(=O)cc(C(F)(F)F)n(C)c2=O)ccc1Cl. The lowest BCUT2D eigenvalue weighted by molar-refractivity contribution is -0.162. The first-order valence-corrected chi connectivity index (χ1v) is 9.69. The average Bonchev–Trinajstić information content (AvgIpc) is 2.68. The smallest absolute Gasteiger partial charge is 0.431 e. The second kappa shape index (κ2) is 9.19.